The molecule has 0 aliphatic heterocycles. The molecule has 0 saturated carbocycles. The Balaban J connectivity index is 2.42. The molecule has 0 aliphatic rings. The summed E-state index contributed by atoms with van der Waals surface area (Å²) in [4.78, 5) is 0.238. The van der Waals surface area contributed by atoms with E-state index in [0.29, 0.717) is 19.1 Å². The largest absolute Gasteiger partial charge is 0.313 e. The number of hydrogen-bond acceptors (Lipinski definition) is 4. The first kappa shape index (κ1) is 18.1. The van der Waals surface area contributed by atoms with Crippen LogP contribution in [0.25, 0.3) is 0 Å². The van der Waals surface area contributed by atoms with E-state index in [1.54, 1.807) is 10.9 Å². The van der Waals surface area contributed by atoms with Crippen molar-refractivity contribution < 1.29 is 8.42 Å². The lowest BCUT2D eigenvalue weighted by Gasteiger charge is -2.07. The smallest absolute Gasteiger partial charge is 0.243 e. The van der Waals surface area contributed by atoms with Gasteiger partial charge in [-0.2, -0.15) is 5.10 Å². The van der Waals surface area contributed by atoms with Crippen molar-refractivity contribution in [2.45, 2.75) is 63.9 Å². The molecule has 7 heteroatoms. The Hall–Kier alpha value is -0.920. The second-order valence-corrected chi connectivity index (χ2v) is 7.27. The van der Waals surface area contributed by atoms with Gasteiger partial charge in [-0.15, -0.1) is 0 Å². The average Bonchev–Trinajstić information content (AvgIpc) is 2.87. The van der Waals surface area contributed by atoms with E-state index in [2.05, 4.69) is 35.9 Å². The van der Waals surface area contributed by atoms with Crippen molar-refractivity contribution in [2.24, 2.45) is 0 Å². The molecule has 0 unspecified atom stereocenters. The molecule has 6 nitrogen and oxygen atoms in total. The normalized spacial score (nSPS) is 12.2. The first-order valence-corrected chi connectivity index (χ1v) is 9.19. The molecular weight excluding hydrogens is 288 g/mol. The monoisotopic (exact) mass is 316 g/mol. The maximum absolute atomic E-state index is 12.1. The van der Waals surface area contributed by atoms with Crippen LogP contribution in [0.4, 0.5) is 0 Å². The molecule has 0 bridgehead atoms. The standard InChI is InChI=1S/C14H28N4O2S/c1-4-5-6-7-8-17-21(19,20)14-11-16-18(12-14)10-9-15-13(2)3/h11-13,15,17H,4-10H2,1-3H3. The molecule has 0 spiro atoms. The maximum atomic E-state index is 12.1. The molecular formula is C14H28N4O2S. The van der Waals surface area contributed by atoms with Gasteiger partial charge in [-0.25, -0.2) is 13.1 Å². The first-order chi connectivity index (χ1) is 9.95. The number of rotatable bonds is 11. The minimum Gasteiger partial charge on any atom is -0.313 e. The zero-order valence-electron chi connectivity index (χ0n) is 13.3. The Morgan fingerprint density at radius 3 is 2.67 bits per heavy atom. The van der Waals surface area contributed by atoms with Gasteiger partial charge in [-0.3, -0.25) is 4.68 Å². The Morgan fingerprint density at radius 2 is 2.00 bits per heavy atom. The van der Waals surface area contributed by atoms with E-state index in [9.17, 15) is 8.42 Å². The quantitative estimate of drug-likeness (QED) is 0.610. The van der Waals surface area contributed by atoms with Crippen LogP contribution in [-0.2, 0) is 16.6 Å². The zero-order valence-corrected chi connectivity index (χ0v) is 14.1. The summed E-state index contributed by atoms with van der Waals surface area (Å²) in [7, 11) is -3.42. The summed E-state index contributed by atoms with van der Waals surface area (Å²) in [6, 6.07) is 0.411. The third-order valence-corrected chi connectivity index (χ3v) is 4.55. The molecule has 122 valence electrons. The Morgan fingerprint density at radius 1 is 1.24 bits per heavy atom. The average molecular weight is 316 g/mol. The summed E-state index contributed by atoms with van der Waals surface area (Å²) < 4.78 is 28.4. The second-order valence-electron chi connectivity index (χ2n) is 5.51. The Bertz CT molecular complexity index is 497. The van der Waals surface area contributed by atoms with Crippen molar-refractivity contribution in [3.63, 3.8) is 0 Å². The van der Waals surface area contributed by atoms with Crippen LogP contribution < -0.4 is 10.0 Å². The van der Waals surface area contributed by atoms with Gasteiger partial charge < -0.3 is 5.32 Å². The molecule has 1 aromatic rings. The Kier molecular flexibility index (Phi) is 7.92. The molecule has 1 rings (SSSR count). The minimum atomic E-state index is -3.42. The van der Waals surface area contributed by atoms with Crippen molar-refractivity contribution in [2.75, 3.05) is 13.1 Å². The molecule has 0 saturated heterocycles. The van der Waals surface area contributed by atoms with Gasteiger partial charge in [0.25, 0.3) is 0 Å². The highest BCUT2D eigenvalue weighted by atomic mass is 32.2. The van der Waals surface area contributed by atoms with E-state index < -0.39 is 10.0 Å². The van der Waals surface area contributed by atoms with Crippen LogP contribution in [0.5, 0.6) is 0 Å². The van der Waals surface area contributed by atoms with Gasteiger partial charge in [-0.05, 0) is 6.42 Å². The van der Waals surface area contributed by atoms with Crippen LogP contribution in [-0.4, -0.2) is 37.3 Å². The van der Waals surface area contributed by atoms with Crippen molar-refractivity contribution in [1.29, 1.82) is 0 Å². The molecule has 2 N–H and O–H groups in total. The van der Waals surface area contributed by atoms with Gasteiger partial charge in [0.05, 0.1) is 12.7 Å². The lowest BCUT2D eigenvalue weighted by molar-refractivity contribution is 0.514. The third-order valence-electron chi connectivity index (χ3n) is 3.14. The van der Waals surface area contributed by atoms with Crippen LogP contribution in [0.2, 0.25) is 0 Å². The van der Waals surface area contributed by atoms with E-state index >= 15 is 0 Å². The third kappa shape index (κ3) is 7.06. The van der Waals surface area contributed by atoms with Crippen LogP contribution in [0.3, 0.4) is 0 Å². The molecule has 1 aromatic heterocycles. The van der Waals surface area contributed by atoms with E-state index in [1.807, 2.05) is 0 Å². The van der Waals surface area contributed by atoms with Crippen LogP contribution in [0.15, 0.2) is 17.3 Å². The van der Waals surface area contributed by atoms with Gasteiger partial charge in [-0.1, -0.05) is 40.0 Å². The molecule has 0 fully saturated rings. The fraction of sp³-hybridized carbons (Fsp3) is 0.786. The Labute approximate surface area is 128 Å². The SMILES string of the molecule is CCCCCCNS(=O)(=O)c1cnn(CCNC(C)C)c1. The summed E-state index contributed by atoms with van der Waals surface area (Å²) in [6.07, 6.45) is 7.20. The summed E-state index contributed by atoms with van der Waals surface area (Å²) in [5, 5.41) is 7.36. The maximum Gasteiger partial charge on any atom is 0.243 e. The topological polar surface area (TPSA) is 76.0 Å². The van der Waals surface area contributed by atoms with Gasteiger partial charge in [0.1, 0.15) is 4.90 Å². The molecule has 0 aromatic carbocycles. The zero-order chi connectivity index (χ0) is 15.7. The van der Waals surface area contributed by atoms with E-state index in [4.69, 9.17) is 0 Å². The van der Waals surface area contributed by atoms with Crippen LogP contribution >= 0.6 is 0 Å². The van der Waals surface area contributed by atoms with E-state index in [-0.39, 0.29) is 4.90 Å². The lowest BCUT2D eigenvalue weighted by Crippen LogP contribution is -2.27. The predicted octanol–water partition coefficient (Wildman–Crippen LogP) is 1.74. The van der Waals surface area contributed by atoms with Crippen molar-refractivity contribution >= 4 is 10.0 Å². The van der Waals surface area contributed by atoms with Gasteiger partial charge in [0.15, 0.2) is 0 Å². The highest BCUT2D eigenvalue weighted by molar-refractivity contribution is 7.89. The molecule has 0 aliphatic carbocycles. The summed E-state index contributed by atoms with van der Waals surface area (Å²) in [5.41, 5.74) is 0. The number of nitrogens with one attached hydrogen (secondary N) is 2. The number of nitrogens with zero attached hydrogens (tertiary/aromatic N) is 2. The predicted molar refractivity (Wildman–Crippen MR) is 84.7 cm³/mol. The molecule has 0 amide bonds. The second kappa shape index (κ2) is 9.17. The first-order valence-electron chi connectivity index (χ1n) is 7.71. The number of hydrogen-bond donors (Lipinski definition) is 2. The van der Waals surface area contributed by atoms with Gasteiger partial charge in [0, 0.05) is 25.3 Å². The molecule has 0 atom stereocenters. The molecule has 21 heavy (non-hydrogen) atoms. The van der Waals surface area contributed by atoms with Crippen molar-refractivity contribution in [1.82, 2.24) is 19.8 Å². The number of unbranched alkanes of at least 4 members (excludes halogenated alkanes) is 3. The number of aromatic nitrogens is 2. The minimum absolute atomic E-state index is 0.238. The summed E-state index contributed by atoms with van der Waals surface area (Å²) in [6.45, 7) is 8.19. The highest BCUT2D eigenvalue weighted by Gasteiger charge is 2.15. The molecule has 1 heterocycles. The lowest BCUT2D eigenvalue weighted by atomic mass is 10.2. The summed E-state index contributed by atoms with van der Waals surface area (Å²) in [5.74, 6) is 0. The van der Waals surface area contributed by atoms with Crippen LogP contribution in [0.1, 0.15) is 46.5 Å². The van der Waals surface area contributed by atoms with Gasteiger partial charge in [0.2, 0.25) is 10.0 Å². The van der Waals surface area contributed by atoms with Crippen LogP contribution in [0, 0.1) is 0 Å². The highest BCUT2D eigenvalue weighted by Crippen LogP contribution is 2.07. The fourth-order valence-corrected chi connectivity index (χ4v) is 2.94. The van der Waals surface area contributed by atoms with E-state index in [1.165, 1.54) is 6.20 Å². The van der Waals surface area contributed by atoms with Crippen molar-refractivity contribution in [3.8, 4) is 0 Å². The van der Waals surface area contributed by atoms with Crippen molar-refractivity contribution in [3.05, 3.63) is 12.4 Å². The molecule has 0 radical (unpaired) electrons. The summed E-state index contributed by atoms with van der Waals surface area (Å²) >= 11 is 0. The van der Waals surface area contributed by atoms with E-state index in [0.717, 1.165) is 32.2 Å². The van der Waals surface area contributed by atoms with Gasteiger partial charge >= 0.3 is 0 Å². The number of sulfonamides is 1. The fourth-order valence-electron chi connectivity index (χ4n) is 1.92.